The van der Waals surface area contributed by atoms with Crippen molar-refractivity contribution >= 4 is 34.0 Å². The summed E-state index contributed by atoms with van der Waals surface area (Å²) in [6, 6.07) is 3.60. The van der Waals surface area contributed by atoms with Crippen LogP contribution in [0.25, 0.3) is 0 Å². The summed E-state index contributed by atoms with van der Waals surface area (Å²) in [6.45, 7) is 5.40. The number of halogens is 2. The minimum absolute atomic E-state index is 0. The molecule has 10 heteroatoms. The van der Waals surface area contributed by atoms with E-state index in [0.717, 1.165) is 51.5 Å². The fourth-order valence-electron chi connectivity index (χ4n) is 2.49. The molecule has 7 nitrogen and oxygen atoms in total. The van der Waals surface area contributed by atoms with E-state index in [1.54, 1.807) is 0 Å². The Kier molecular flexibility index (Phi) is 8.57. The first-order valence-corrected chi connectivity index (χ1v) is 9.73. The quantitative estimate of drug-likeness (QED) is 0.590. The van der Waals surface area contributed by atoms with Gasteiger partial charge < -0.3 is 15.5 Å². The Morgan fingerprint density at radius 1 is 1.32 bits per heavy atom. The monoisotopic (exact) mass is 394 g/mol. The number of amides is 1. The second kappa shape index (κ2) is 9.91. The van der Waals surface area contributed by atoms with Crippen LogP contribution in [0.2, 0.25) is 0 Å². The number of rotatable bonds is 7. The Labute approximate surface area is 153 Å². The van der Waals surface area contributed by atoms with Crippen LogP contribution in [-0.4, -0.2) is 64.7 Å². The smallest absolute Gasteiger partial charge is 0.251 e. The first-order valence-electron chi connectivity index (χ1n) is 7.84. The predicted molar refractivity (Wildman–Crippen MR) is 98.4 cm³/mol. The van der Waals surface area contributed by atoms with E-state index in [4.69, 9.17) is 0 Å². The van der Waals surface area contributed by atoms with Crippen LogP contribution in [0, 0.1) is 5.82 Å². The van der Waals surface area contributed by atoms with Crippen LogP contribution in [0.3, 0.4) is 0 Å². The second-order valence-corrected chi connectivity index (χ2v) is 7.52. The van der Waals surface area contributed by atoms with E-state index >= 15 is 0 Å². The summed E-state index contributed by atoms with van der Waals surface area (Å²) in [7, 11) is -3.61. The summed E-state index contributed by atoms with van der Waals surface area (Å²) in [5.74, 6) is -1.08. The van der Waals surface area contributed by atoms with E-state index in [9.17, 15) is 17.6 Å². The molecule has 1 fully saturated rings. The van der Waals surface area contributed by atoms with Gasteiger partial charge in [0.05, 0.1) is 11.9 Å². The van der Waals surface area contributed by atoms with Crippen molar-refractivity contribution in [2.45, 2.75) is 6.42 Å². The van der Waals surface area contributed by atoms with Crippen molar-refractivity contribution in [3.8, 4) is 0 Å². The first kappa shape index (κ1) is 21.6. The largest absolute Gasteiger partial charge is 0.352 e. The molecule has 25 heavy (non-hydrogen) atoms. The minimum Gasteiger partial charge on any atom is -0.352 e. The number of piperazine rings is 1. The average molecular weight is 395 g/mol. The maximum atomic E-state index is 13.6. The second-order valence-electron chi connectivity index (χ2n) is 5.77. The first-order chi connectivity index (χ1) is 11.3. The van der Waals surface area contributed by atoms with Gasteiger partial charge in [0.15, 0.2) is 0 Å². The van der Waals surface area contributed by atoms with Gasteiger partial charge in [0.25, 0.3) is 5.91 Å². The molecule has 3 N–H and O–H groups in total. The van der Waals surface area contributed by atoms with Crippen molar-refractivity contribution in [3.05, 3.63) is 29.6 Å². The molecule has 0 unspecified atom stereocenters. The van der Waals surface area contributed by atoms with Gasteiger partial charge in [-0.2, -0.15) is 0 Å². The fourth-order valence-corrected chi connectivity index (χ4v) is 3.04. The Morgan fingerprint density at radius 2 is 2.00 bits per heavy atom. The summed E-state index contributed by atoms with van der Waals surface area (Å²) >= 11 is 0. The Hall–Kier alpha value is -1.42. The molecule has 0 atom stereocenters. The van der Waals surface area contributed by atoms with Gasteiger partial charge in [-0.1, -0.05) is 0 Å². The molecule has 2 rings (SSSR count). The standard InChI is InChI=1S/C15H23FN4O3S.ClH/c1-24(22,23)19-14-11-12(3-4-13(14)16)15(21)18-5-2-8-20-9-6-17-7-10-20;/h3-4,11,17,19H,2,5-10H2,1H3,(H,18,21);1H. The highest BCUT2D eigenvalue weighted by atomic mass is 35.5. The maximum absolute atomic E-state index is 13.6. The molecule has 1 aromatic rings. The zero-order valence-corrected chi connectivity index (χ0v) is 15.7. The zero-order valence-electron chi connectivity index (χ0n) is 14.0. The molecule has 0 spiro atoms. The van der Waals surface area contributed by atoms with Crippen molar-refractivity contribution in [2.24, 2.45) is 0 Å². The van der Waals surface area contributed by atoms with E-state index in [0.29, 0.717) is 6.54 Å². The minimum atomic E-state index is -3.61. The molecule has 1 saturated heterocycles. The van der Waals surface area contributed by atoms with Gasteiger partial charge in [-0.05, 0) is 31.2 Å². The Bertz CT molecular complexity index is 681. The lowest BCUT2D eigenvalue weighted by atomic mass is 10.2. The molecule has 0 radical (unpaired) electrons. The summed E-state index contributed by atoms with van der Waals surface area (Å²) < 4.78 is 38.1. The van der Waals surface area contributed by atoms with E-state index in [1.165, 1.54) is 12.1 Å². The summed E-state index contributed by atoms with van der Waals surface area (Å²) in [4.78, 5) is 14.4. The third-order valence-electron chi connectivity index (χ3n) is 3.67. The van der Waals surface area contributed by atoms with Crippen LogP contribution >= 0.6 is 12.4 Å². The Morgan fingerprint density at radius 3 is 2.64 bits per heavy atom. The van der Waals surface area contributed by atoms with Gasteiger partial charge >= 0.3 is 0 Å². The highest BCUT2D eigenvalue weighted by Crippen LogP contribution is 2.17. The van der Waals surface area contributed by atoms with Crippen LogP contribution in [-0.2, 0) is 10.0 Å². The average Bonchev–Trinajstić information content (AvgIpc) is 2.53. The lowest BCUT2D eigenvalue weighted by molar-refractivity contribution is 0.0951. The molecule has 1 aliphatic heterocycles. The van der Waals surface area contributed by atoms with Gasteiger partial charge in [0, 0.05) is 38.3 Å². The molecule has 1 aromatic carbocycles. The number of carbonyl (C=O) groups excluding carboxylic acids is 1. The normalized spacial score (nSPS) is 15.3. The van der Waals surface area contributed by atoms with Crippen molar-refractivity contribution in [3.63, 3.8) is 0 Å². The van der Waals surface area contributed by atoms with Crippen LogP contribution in [0.5, 0.6) is 0 Å². The van der Waals surface area contributed by atoms with Gasteiger partial charge in [0.2, 0.25) is 10.0 Å². The highest BCUT2D eigenvalue weighted by molar-refractivity contribution is 7.92. The molecule has 0 aliphatic carbocycles. The van der Waals surface area contributed by atoms with E-state index in [2.05, 4.69) is 20.3 Å². The van der Waals surface area contributed by atoms with Crippen molar-refractivity contribution in [1.29, 1.82) is 0 Å². The topological polar surface area (TPSA) is 90.5 Å². The van der Waals surface area contributed by atoms with Crippen molar-refractivity contribution in [1.82, 2.24) is 15.5 Å². The van der Waals surface area contributed by atoms with Crippen molar-refractivity contribution < 1.29 is 17.6 Å². The molecule has 0 bridgehead atoms. The lowest BCUT2D eigenvalue weighted by Gasteiger charge is -2.27. The van der Waals surface area contributed by atoms with Gasteiger partial charge in [-0.15, -0.1) is 12.4 Å². The van der Waals surface area contributed by atoms with Gasteiger partial charge in [0.1, 0.15) is 5.82 Å². The molecule has 1 amide bonds. The molecule has 0 saturated carbocycles. The summed E-state index contributed by atoms with van der Waals surface area (Å²) in [6.07, 6.45) is 1.75. The number of anilines is 1. The van der Waals surface area contributed by atoms with Crippen LogP contribution in [0.1, 0.15) is 16.8 Å². The molecular weight excluding hydrogens is 371 g/mol. The third-order valence-corrected chi connectivity index (χ3v) is 4.26. The van der Waals surface area contributed by atoms with E-state index in [-0.39, 0.29) is 29.6 Å². The highest BCUT2D eigenvalue weighted by Gasteiger charge is 2.13. The maximum Gasteiger partial charge on any atom is 0.251 e. The van der Waals surface area contributed by atoms with Crippen LogP contribution < -0.4 is 15.4 Å². The van der Waals surface area contributed by atoms with Gasteiger partial charge in [-0.3, -0.25) is 9.52 Å². The SMILES string of the molecule is CS(=O)(=O)Nc1cc(C(=O)NCCCN2CCNCC2)ccc1F.Cl. The van der Waals surface area contributed by atoms with Gasteiger partial charge in [-0.25, -0.2) is 12.8 Å². The zero-order chi connectivity index (χ0) is 17.6. The number of hydrogen-bond donors (Lipinski definition) is 3. The summed E-state index contributed by atoms with van der Waals surface area (Å²) in [5.41, 5.74) is -0.0179. The molecule has 0 aromatic heterocycles. The van der Waals surface area contributed by atoms with Crippen LogP contribution in [0.4, 0.5) is 10.1 Å². The number of sulfonamides is 1. The number of nitrogens with one attached hydrogen (secondary N) is 3. The number of nitrogens with zero attached hydrogens (tertiary/aromatic N) is 1. The number of hydrogen-bond acceptors (Lipinski definition) is 5. The third kappa shape index (κ3) is 7.55. The molecular formula is C15H24ClFN4O3S. The van der Waals surface area contributed by atoms with Crippen molar-refractivity contribution in [2.75, 3.05) is 50.2 Å². The number of carbonyl (C=O) groups is 1. The molecule has 142 valence electrons. The number of benzene rings is 1. The predicted octanol–water partition coefficient (Wildman–Crippen LogP) is 0.644. The lowest BCUT2D eigenvalue weighted by Crippen LogP contribution is -2.44. The molecule has 1 aliphatic rings. The van der Waals surface area contributed by atoms with E-state index in [1.807, 2.05) is 0 Å². The van der Waals surface area contributed by atoms with E-state index < -0.39 is 15.8 Å². The fraction of sp³-hybridized carbons (Fsp3) is 0.533. The molecule has 1 heterocycles. The van der Waals surface area contributed by atoms with Crippen LogP contribution in [0.15, 0.2) is 18.2 Å². The Balaban J connectivity index is 0.00000312. The summed E-state index contributed by atoms with van der Waals surface area (Å²) in [5, 5.41) is 6.05.